The van der Waals surface area contributed by atoms with E-state index in [1.54, 1.807) is 18.2 Å². The molecule has 0 atom stereocenters. The van der Waals surface area contributed by atoms with E-state index in [2.05, 4.69) is 0 Å². The van der Waals surface area contributed by atoms with E-state index in [0.29, 0.717) is 16.3 Å². The van der Waals surface area contributed by atoms with Crippen LogP contribution in [0, 0.1) is 13.8 Å². The normalized spacial score (nSPS) is 13.4. The van der Waals surface area contributed by atoms with Crippen molar-refractivity contribution in [2.75, 3.05) is 18.1 Å². The number of halogens is 1. The maximum atomic E-state index is 12.1. The Balaban J connectivity index is 1.73. The summed E-state index contributed by atoms with van der Waals surface area (Å²) in [7, 11) is 0. The van der Waals surface area contributed by atoms with Gasteiger partial charge in [0.1, 0.15) is 12.4 Å². The summed E-state index contributed by atoms with van der Waals surface area (Å²) in [4.78, 5) is 25.5. The Hall–Kier alpha value is -2.33. The van der Waals surface area contributed by atoms with Crippen molar-refractivity contribution in [1.82, 2.24) is 0 Å². The van der Waals surface area contributed by atoms with Crippen LogP contribution in [0.4, 0.5) is 5.69 Å². The number of carbonyl (C=O) groups is 2. The molecule has 0 bridgehead atoms. The summed E-state index contributed by atoms with van der Waals surface area (Å²) in [5.74, 6) is -0.337. The molecule has 5 heteroatoms. The van der Waals surface area contributed by atoms with Crippen LogP contribution in [-0.2, 0) is 4.79 Å². The van der Waals surface area contributed by atoms with Gasteiger partial charge in [-0.05, 0) is 49.2 Å². The summed E-state index contributed by atoms with van der Waals surface area (Å²) >= 11 is 6.14. The number of aryl methyl sites for hydroxylation is 2. The van der Waals surface area contributed by atoms with Crippen LogP contribution >= 0.6 is 11.6 Å². The number of rotatable bonds is 4. The minimum Gasteiger partial charge on any atom is -0.492 e. The van der Waals surface area contributed by atoms with Crippen LogP contribution < -0.4 is 9.64 Å². The second-order valence-corrected chi connectivity index (χ2v) is 5.92. The molecule has 23 heavy (non-hydrogen) atoms. The minimum absolute atomic E-state index is 0.272. The van der Waals surface area contributed by atoms with Crippen LogP contribution in [0.5, 0.6) is 5.75 Å². The molecule has 1 aliphatic rings. The topological polar surface area (TPSA) is 46.6 Å². The van der Waals surface area contributed by atoms with Crippen molar-refractivity contribution < 1.29 is 14.3 Å². The molecule has 0 N–H and O–H groups in total. The summed E-state index contributed by atoms with van der Waals surface area (Å²) < 4.78 is 5.69. The van der Waals surface area contributed by atoms with Gasteiger partial charge in [0.15, 0.2) is 0 Å². The Morgan fingerprint density at radius 2 is 1.87 bits per heavy atom. The van der Waals surface area contributed by atoms with Gasteiger partial charge in [0.2, 0.25) is 0 Å². The number of amides is 1. The summed E-state index contributed by atoms with van der Waals surface area (Å²) in [5, 5.41) is 0.396. The van der Waals surface area contributed by atoms with Crippen molar-refractivity contribution in [2.24, 2.45) is 0 Å². The van der Waals surface area contributed by atoms with E-state index in [1.807, 2.05) is 32.0 Å². The molecule has 2 aromatic carbocycles. The lowest BCUT2D eigenvalue weighted by Crippen LogP contribution is -2.33. The number of ketones is 1. The molecule has 2 aromatic rings. The van der Waals surface area contributed by atoms with E-state index < -0.39 is 11.7 Å². The Kier molecular flexibility index (Phi) is 4.09. The first kappa shape index (κ1) is 15.6. The van der Waals surface area contributed by atoms with Gasteiger partial charge in [0.05, 0.1) is 22.8 Å². The predicted octanol–water partition coefficient (Wildman–Crippen LogP) is 3.57. The van der Waals surface area contributed by atoms with Crippen LogP contribution in [-0.4, -0.2) is 24.8 Å². The van der Waals surface area contributed by atoms with E-state index in [4.69, 9.17) is 16.3 Å². The molecule has 0 aliphatic carbocycles. The highest BCUT2D eigenvalue weighted by Crippen LogP contribution is 2.35. The van der Waals surface area contributed by atoms with E-state index in [0.717, 1.165) is 11.3 Å². The number of benzene rings is 2. The second kappa shape index (κ2) is 6.05. The maximum absolute atomic E-state index is 12.1. The number of carbonyl (C=O) groups excluding carboxylic acids is 2. The van der Waals surface area contributed by atoms with Gasteiger partial charge in [-0.3, -0.25) is 14.5 Å². The third-order valence-electron chi connectivity index (χ3n) is 4.00. The van der Waals surface area contributed by atoms with Crippen molar-refractivity contribution in [3.05, 3.63) is 58.1 Å². The van der Waals surface area contributed by atoms with Gasteiger partial charge >= 0.3 is 0 Å². The molecule has 1 aliphatic heterocycles. The lowest BCUT2D eigenvalue weighted by atomic mass is 10.1. The van der Waals surface area contributed by atoms with Gasteiger partial charge in [-0.25, -0.2) is 0 Å². The fourth-order valence-electron chi connectivity index (χ4n) is 2.58. The van der Waals surface area contributed by atoms with Gasteiger partial charge in [-0.1, -0.05) is 23.7 Å². The highest BCUT2D eigenvalue weighted by atomic mass is 35.5. The Bertz CT molecular complexity index is 801. The molecule has 0 fully saturated rings. The summed E-state index contributed by atoms with van der Waals surface area (Å²) in [5.41, 5.74) is 3.17. The second-order valence-electron chi connectivity index (χ2n) is 5.52. The van der Waals surface area contributed by atoms with Crippen molar-refractivity contribution in [2.45, 2.75) is 13.8 Å². The highest BCUT2D eigenvalue weighted by Gasteiger charge is 2.37. The number of ether oxygens (including phenoxy) is 1. The number of fused-ring (bicyclic) bond motifs is 1. The SMILES string of the molecule is Cc1ccc(OCCN2C(=O)C(=O)c3cccc(Cl)c32)cc1C. The molecule has 1 heterocycles. The lowest BCUT2D eigenvalue weighted by molar-refractivity contribution is -0.114. The Morgan fingerprint density at radius 1 is 1.09 bits per heavy atom. The molecule has 118 valence electrons. The van der Waals surface area contributed by atoms with E-state index in [9.17, 15) is 9.59 Å². The number of hydrogen-bond acceptors (Lipinski definition) is 3. The highest BCUT2D eigenvalue weighted by molar-refractivity contribution is 6.54. The van der Waals surface area contributed by atoms with Crippen LogP contribution in [0.2, 0.25) is 5.02 Å². The fourth-order valence-corrected chi connectivity index (χ4v) is 2.86. The molecular formula is C18H16ClNO3. The molecule has 0 radical (unpaired) electrons. The average molecular weight is 330 g/mol. The summed E-state index contributed by atoms with van der Waals surface area (Å²) in [6, 6.07) is 10.8. The molecule has 0 aromatic heterocycles. The van der Waals surface area contributed by atoms with E-state index in [-0.39, 0.29) is 13.2 Å². The fraction of sp³-hybridized carbons (Fsp3) is 0.222. The first-order chi connectivity index (χ1) is 11.0. The lowest BCUT2D eigenvalue weighted by Gasteiger charge is -2.18. The molecule has 4 nitrogen and oxygen atoms in total. The van der Waals surface area contributed by atoms with Crippen molar-refractivity contribution in [1.29, 1.82) is 0 Å². The van der Waals surface area contributed by atoms with Crippen LogP contribution in [0.1, 0.15) is 21.5 Å². The van der Waals surface area contributed by atoms with Crippen molar-refractivity contribution in [3.8, 4) is 5.75 Å². The average Bonchev–Trinajstić information content (AvgIpc) is 2.77. The Morgan fingerprint density at radius 3 is 2.61 bits per heavy atom. The van der Waals surface area contributed by atoms with Gasteiger partial charge < -0.3 is 4.74 Å². The van der Waals surface area contributed by atoms with E-state index in [1.165, 1.54) is 10.5 Å². The molecule has 3 rings (SSSR count). The van der Waals surface area contributed by atoms with Crippen molar-refractivity contribution >= 4 is 29.0 Å². The van der Waals surface area contributed by atoms with Crippen LogP contribution in [0.25, 0.3) is 0 Å². The Labute approximate surface area is 139 Å². The largest absolute Gasteiger partial charge is 0.492 e. The summed E-state index contributed by atoms with van der Waals surface area (Å²) in [6.07, 6.45) is 0. The number of para-hydroxylation sites is 1. The first-order valence-corrected chi connectivity index (χ1v) is 7.71. The van der Waals surface area contributed by atoms with Gasteiger partial charge in [0, 0.05) is 0 Å². The van der Waals surface area contributed by atoms with Crippen LogP contribution in [0.3, 0.4) is 0 Å². The molecule has 1 amide bonds. The van der Waals surface area contributed by atoms with Gasteiger partial charge in [-0.15, -0.1) is 0 Å². The van der Waals surface area contributed by atoms with Gasteiger partial charge in [0.25, 0.3) is 11.7 Å². The number of nitrogens with zero attached hydrogens (tertiary/aromatic N) is 1. The third-order valence-corrected chi connectivity index (χ3v) is 4.31. The van der Waals surface area contributed by atoms with E-state index >= 15 is 0 Å². The van der Waals surface area contributed by atoms with Crippen molar-refractivity contribution in [3.63, 3.8) is 0 Å². The predicted molar refractivity (Wildman–Crippen MR) is 89.5 cm³/mol. The molecular weight excluding hydrogens is 314 g/mol. The third kappa shape index (κ3) is 2.82. The number of anilines is 1. The van der Waals surface area contributed by atoms with Gasteiger partial charge in [-0.2, -0.15) is 0 Å². The number of Topliss-reactive ketones (excluding diaryl/α,β-unsaturated/α-hetero) is 1. The molecule has 0 spiro atoms. The standard InChI is InChI=1S/C18H16ClNO3/c1-11-6-7-13(10-12(11)2)23-9-8-20-16-14(17(21)18(20)22)4-3-5-15(16)19/h3-7,10H,8-9H2,1-2H3. The summed E-state index contributed by atoms with van der Waals surface area (Å²) in [6.45, 7) is 4.61. The van der Waals surface area contributed by atoms with Crippen LogP contribution in [0.15, 0.2) is 36.4 Å². The number of hydrogen-bond donors (Lipinski definition) is 0. The molecule has 0 saturated carbocycles. The quantitative estimate of drug-likeness (QED) is 0.806. The minimum atomic E-state index is -0.559. The zero-order chi connectivity index (χ0) is 16.6. The molecule has 0 unspecified atom stereocenters. The smallest absolute Gasteiger partial charge is 0.299 e. The zero-order valence-corrected chi connectivity index (χ0v) is 13.7. The maximum Gasteiger partial charge on any atom is 0.299 e. The monoisotopic (exact) mass is 329 g/mol. The first-order valence-electron chi connectivity index (χ1n) is 7.34. The zero-order valence-electron chi connectivity index (χ0n) is 12.9. The molecule has 0 saturated heterocycles.